The van der Waals surface area contributed by atoms with Crippen molar-refractivity contribution in [1.29, 1.82) is 0 Å². The van der Waals surface area contributed by atoms with Gasteiger partial charge in [0.25, 0.3) is 0 Å². The molecule has 0 saturated heterocycles. The lowest BCUT2D eigenvalue weighted by atomic mass is 9.87. The average molecular weight is 226 g/mol. The van der Waals surface area contributed by atoms with Crippen LogP contribution < -0.4 is 5.32 Å². The maximum absolute atomic E-state index is 3.80. The quantitative estimate of drug-likeness (QED) is 0.796. The molecular weight excluding hydrogens is 196 g/mol. The monoisotopic (exact) mass is 226 g/mol. The summed E-state index contributed by atoms with van der Waals surface area (Å²) in [6, 6.07) is 2.03. The van der Waals surface area contributed by atoms with Crippen molar-refractivity contribution in [3.63, 3.8) is 0 Å². The Morgan fingerprint density at radius 1 is 1.12 bits per heavy atom. The highest BCUT2D eigenvalue weighted by Crippen LogP contribution is 2.25. The van der Waals surface area contributed by atoms with Crippen LogP contribution in [0.1, 0.15) is 60.3 Å². The van der Waals surface area contributed by atoms with Crippen LogP contribution in [0, 0.1) is 0 Å². The summed E-state index contributed by atoms with van der Waals surface area (Å²) >= 11 is 0. The number of hydrogen-bond donors (Lipinski definition) is 1. The van der Waals surface area contributed by atoms with Crippen LogP contribution >= 0.6 is 0 Å². The Morgan fingerprint density at radius 3 is 2.19 bits per heavy atom. The lowest BCUT2D eigenvalue weighted by molar-refractivity contribution is 0.107. The van der Waals surface area contributed by atoms with E-state index in [0.717, 1.165) is 0 Å². The molecule has 2 atom stereocenters. The molecule has 1 fully saturated rings. The summed E-state index contributed by atoms with van der Waals surface area (Å²) in [6.45, 7) is 11.4. The summed E-state index contributed by atoms with van der Waals surface area (Å²) in [6.07, 6.45) is 5.46. The van der Waals surface area contributed by atoms with E-state index in [2.05, 4.69) is 51.9 Å². The SMILES string of the molecule is CC(C)N(C)[C@H]1CCCC[C@@H]1NC(C)(C)C. The normalized spacial score (nSPS) is 27.8. The first-order valence-corrected chi connectivity index (χ1v) is 6.81. The van der Waals surface area contributed by atoms with Crippen molar-refractivity contribution in [2.24, 2.45) is 0 Å². The second-order valence-electron chi connectivity index (χ2n) is 6.61. The van der Waals surface area contributed by atoms with Gasteiger partial charge in [0.1, 0.15) is 0 Å². The Hall–Kier alpha value is -0.0800. The van der Waals surface area contributed by atoms with E-state index >= 15 is 0 Å². The third-order valence-corrected chi connectivity index (χ3v) is 3.69. The lowest BCUT2D eigenvalue weighted by Gasteiger charge is -2.43. The maximum atomic E-state index is 3.80. The molecule has 0 spiro atoms. The van der Waals surface area contributed by atoms with Crippen molar-refractivity contribution in [1.82, 2.24) is 10.2 Å². The molecule has 1 rings (SSSR count). The Morgan fingerprint density at radius 2 is 1.69 bits per heavy atom. The molecule has 2 nitrogen and oxygen atoms in total. The van der Waals surface area contributed by atoms with Gasteiger partial charge in [-0.25, -0.2) is 0 Å². The van der Waals surface area contributed by atoms with Gasteiger partial charge in [0, 0.05) is 23.7 Å². The van der Waals surface area contributed by atoms with E-state index in [4.69, 9.17) is 0 Å². The van der Waals surface area contributed by atoms with Gasteiger partial charge in [-0.3, -0.25) is 4.90 Å². The molecule has 0 aliphatic heterocycles. The second kappa shape index (κ2) is 5.50. The zero-order chi connectivity index (χ0) is 12.3. The third kappa shape index (κ3) is 4.06. The van der Waals surface area contributed by atoms with E-state index in [-0.39, 0.29) is 5.54 Å². The fourth-order valence-corrected chi connectivity index (χ4v) is 2.71. The predicted octanol–water partition coefficient (Wildman–Crippen LogP) is 3.03. The first kappa shape index (κ1) is 14.0. The molecule has 0 aromatic carbocycles. The fourth-order valence-electron chi connectivity index (χ4n) is 2.71. The van der Waals surface area contributed by atoms with E-state index < -0.39 is 0 Å². The Bertz CT molecular complexity index is 205. The van der Waals surface area contributed by atoms with Crippen molar-refractivity contribution in [3.05, 3.63) is 0 Å². The number of rotatable bonds is 3. The molecule has 0 aromatic rings. The van der Waals surface area contributed by atoms with Crippen molar-refractivity contribution >= 4 is 0 Å². The minimum absolute atomic E-state index is 0.234. The van der Waals surface area contributed by atoms with Crippen molar-refractivity contribution in [2.45, 2.75) is 84.0 Å². The molecule has 0 unspecified atom stereocenters. The van der Waals surface area contributed by atoms with Gasteiger partial charge >= 0.3 is 0 Å². The van der Waals surface area contributed by atoms with Crippen LogP contribution in [0.15, 0.2) is 0 Å². The molecular formula is C14H30N2. The molecule has 16 heavy (non-hydrogen) atoms. The zero-order valence-electron chi connectivity index (χ0n) is 12.0. The average Bonchev–Trinajstić information content (AvgIpc) is 2.15. The number of nitrogens with zero attached hydrogens (tertiary/aromatic N) is 1. The van der Waals surface area contributed by atoms with Crippen molar-refractivity contribution in [3.8, 4) is 0 Å². The molecule has 0 aromatic heterocycles. The summed E-state index contributed by atoms with van der Waals surface area (Å²) in [4.78, 5) is 2.54. The van der Waals surface area contributed by atoms with Crippen LogP contribution in [0.2, 0.25) is 0 Å². The zero-order valence-corrected chi connectivity index (χ0v) is 12.0. The van der Waals surface area contributed by atoms with Crippen molar-refractivity contribution < 1.29 is 0 Å². The first-order valence-electron chi connectivity index (χ1n) is 6.81. The van der Waals surface area contributed by atoms with Crippen LogP contribution in [-0.4, -0.2) is 35.6 Å². The fraction of sp³-hybridized carbons (Fsp3) is 1.00. The Balaban J connectivity index is 2.64. The van der Waals surface area contributed by atoms with Gasteiger partial charge in [0.2, 0.25) is 0 Å². The maximum Gasteiger partial charge on any atom is 0.0249 e. The smallest absolute Gasteiger partial charge is 0.0249 e. The molecule has 2 heteroatoms. The highest BCUT2D eigenvalue weighted by atomic mass is 15.2. The van der Waals surface area contributed by atoms with Crippen LogP contribution in [0.25, 0.3) is 0 Å². The molecule has 96 valence electrons. The molecule has 0 heterocycles. The number of nitrogens with one attached hydrogen (secondary N) is 1. The standard InChI is InChI=1S/C14H30N2/c1-11(2)16(6)13-10-8-7-9-12(13)15-14(3,4)5/h11-13,15H,7-10H2,1-6H3/t12-,13-/m0/s1. The van der Waals surface area contributed by atoms with Gasteiger partial charge in [-0.2, -0.15) is 0 Å². The minimum Gasteiger partial charge on any atom is -0.308 e. The Kier molecular flexibility index (Phi) is 4.81. The van der Waals surface area contributed by atoms with E-state index in [0.29, 0.717) is 18.1 Å². The molecule has 1 N–H and O–H groups in total. The van der Waals surface area contributed by atoms with Gasteiger partial charge in [-0.05, 0) is 54.5 Å². The highest BCUT2D eigenvalue weighted by Gasteiger charge is 2.31. The van der Waals surface area contributed by atoms with Crippen LogP contribution in [0.4, 0.5) is 0 Å². The largest absolute Gasteiger partial charge is 0.308 e. The van der Waals surface area contributed by atoms with Gasteiger partial charge in [-0.1, -0.05) is 12.8 Å². The van der Waals surface area contributed by atoms with Gasteiger partial charge < -0.3 is 5.32 Å². The topological polar surface area (TPSA) is 15.3 Å². The van der Waals surface area contributed by atoms with E-state index in [1.807, 2.05) is 0 Å². The summed E-state index contributed by atoms with van der Waals surface area (Å²) in [5, 5.41) is 3.80. The van der Waals surface area contributed by atoms with Crippen LogP contribution in [0.3, 0.4) is 0 Å². The van der Waals surface area contributed by atoms with Gasteiger partial charge in [-0.15, -0.1) is 0 Å². The molecule has 0 amide bonds. The first-order chi connectivity index (χ1) is 7.31. The minimum atomic E-state index is 0.234. The number of likely N-dealkylation sites (N-methyl/N-ethyl adjacent to an activating group) is 1. The molecule has 1 saturated carbocycles. The summed E-state index contributed by atoms with van der Waals surface area (Å²) in [7, 11) is 2.28. The predicted molar refractivity (Wildman–Crippen MR) is 71.8 cm³/mol. The summed E-state index contributed by atoms with van der Waals surface area (Å²) in [5.41, 5.74) is 0.234. The summed E-state index contributed by atoms with van der Waals surface area (Å²) in [5.74, 6) is 0. The Labute approximate surface area is 102 Å². The van der Waals surface area contributed by atoms with Crippen LogP contribution in [-0.2, 0) is 0 Å². The van der Waals surface area contributed by atoms with E-state index in [9.17, 15) is 0 Å². The third-order valence-electron chi connectivity index (χ3n) is 3.69. The molecule has 0 bridgehead atoms. The van der Waals surface area contributed by atoms with Gasteiger partial charge in [0.15, 0.2) is 0 Å². The highest BCUT2D eigenvalue weighted by molar-refractivity contribution is 4.91. The second-order valence-corrected chi connectivity index (χ2v) is 6.61. The lowest BCUT2D eigenvalue weighted by Crippen LogP contribution is -2.56. The molecule has 1 aliphatic rings. The number of hydrogen-bond acceptors (Lipinski definition) is 2. The summed E-state index contributed by atoms with van der Waals surface area (Å²) < 4.78 is 0. The van der Waals surface area contributed by atoms with Gasteiger partial charge in [0.05, 0.1) is 0 Å². The molecule has 1 aliphatic carbocycles. The van der Waals surface area contributed by atoms with E-state index in [1.165, 1.54) is 25.7 Å². The van der Waals surface area contributed by atoms with E-state index in [1.54, 1.807) is 0 Å². The van der Waals surface area contributed by atoms with Crippen molar-refractivity contribution in [2.75, 3.05) is 7.05 Å². The van der Waals surface area contributed by atoms with Crippen LogP contribution in [0.5, 0.6) is 0 Å². The molecule has 0 radical (unpaired) electrons.